The highest BCUT2D eigenvalue weighted by atomic mass is 79.9. The van der Waals surface area contributed by atoms with Crippen LogP contribution >= 0.6 is 54.8 Å². The number of pyridine rings is 1. The predicted molar refractivity (Wildman–Crippen MR) is 97.1 cm³/mol. The van der Waals surface area contributed by atoms with E-state index in [0.717, 1.165) is 32.0 Å². The number of aromatic nitrogens is 1. The van der Waals surface area contributed by atoms with Gasteiger partial charge >= 0.3 is 0 Å². The van der Waals surface area contributed by atoms with Crippen molar-refractivity contribution in [3.05, 3.63) is 42.6 Å². The molecule has 1 saturated heterocycles. The summed E-state index contributed by atoms with van der Waals surface area (Å²) in [5, 5.41) is 0.647. The molecule has 1 aliphatic rings. The number of carbonyl (C=O) groups excluding carboxylic acids is 1. The standard InChI is InChI=1S/C14H12Br2ClN3OS/c15-9-8-11(22-12(9)16)14(21)20-6-4-19(5-7-20)13-10(17)2-1-3-18-13/h1-3,8H,4-7H2. The summed E-state index contributed by atoms with van der Waals surface area (Å²) in [4.78, 5) is 21.6. The molecule has 0 bridgehead atoms. The van der Waals surface area contributed by atoms with Crippen LogP contribution in [0.25, 0.3) is 0 Å². The van der Waals surface area contributed by atoms with Crippen molar-refractivity contribution >= 4 is 66.5 Å². The van der Waals surface area contributed by atoms with Crippen LogP contribution in [0.2, 0.25) is 5.02 Å². The van der Waals surface area contributed by atoms with Crippen molar-refractivity contribution in [3.8, 4) is 0 Å². The average Bonchev–Trinajstić information content (AvgIpc) is 2.87. The second-order valence-corrected chi connectivity index (χ2v) is 8.45. The zero-order chi connectivity index (χ0) is 15.7. The molecule has 116 valence electrons. The van der Waals surface area contributed by atoms with Gasteiger partial charge in [-0.05, 0) is 50.1 Å². The summed E-state index contributed by atoms with van der Waals surface area (Å²) < 4.78 is 1.86. The van der Waals surface area contributed by atoms with Crippen molar-refractivity contribution in [3.63, 3.8) is 0 Å². The van der Waals surface area contributed by atoms with Crippen LogP contribution in [0.15, 0.2) is 32.7 Å². The third-order valence-electron chi connectivity index (χ3n) is 3.46. The van der Waals surface area contributed by atoms with Gasteiger partial charge in [-0.15, -0.1) is 11.3 Å². The Bertz CT molecular complexity index is 682. The van der Waals surface area contributed by atoms with Crippen molar-refractivity contribution in [2.24, 2.45) is 0 Å². The van der Waals surface area contributed by atoms with Crippen LogP contribution in [0, 0.1) is 0 Å². The summed E-state index contributed by atoms with van der Waals surface area (Å²) >= 11 is 14.5. The van der Waals surface area contributed by atoms with Crippen LogP contribution in [0.1, 0.15) is 9.67 Å². The monoisotopic (exact) mass is 463 g/mol. The van der Waals surface area contributed by atoms with Crippen LogP contribution < -0.4 is 4.90 Å². The highest BCUT2D eigenvalue weighted by Crippen LogP contribution is 2.33. The largest absolute Gasteiger partial charge is 0.352 e. The number of halogens is 3. The fourth-order valence-corrected chi connectivity index (χ4v) is 4.58. The maximum atomic E-state index is 12.5. The lowest BCUT2D eigenvalue weighted by Gasteiger charge is -2.35. The van der Waals surface area contributed by atoms with Crippen LogP contribution in [-0.4, -0.2) is 42.0 Å². The summed E-state index contributed by atoms with van der Waals surface area (Å²) in [5.74, 6) is 0.862. The number of nitrogens with zero attached hydrogens (tertiary/aromatic N) is 3. The highest BCUT2D eigenvalue weighted by Gasteiger charge is 2.25. The lowest BCUT2D eigenvalue weighted by Crippen LogP contribution is -2.49. The molecule has 0 radical (unpaired) electrons. The van der Waals surface area contributed by atoms with Gasteiger partial charge in [0.05, 0.1) is 13.7 Å². The number of anilines is 1. The number of hydrogen-bond donors (Lipinski definition) is 0. The number of carbonyl (C=O) groups is 1. The molecular weight excluding hydrogens is 454 g/mol. The second-order valence-electron chi connectivity index (χ2n) is 4.82. The van der Waals surface area contributed by atoms with Gasteiger partial charge < -0.3 is 9.80 Å². The van der Waals surface area contributed by atoms with Gasteiger partial charge in [0.15, 0.2) is 0 Å². The van der Waals surface area contributed by atoms with Crippen molar-refractivity contribution in [1.29, 1.82) is 0 Å². The molecule has 0 aromatic carbocycles. The summed E-state index contributed by atoms with van der Waals surface area (Å²) in [6.07, 6.45) is 1.74. The smallest absolute Gasteiger partial charge is 0.264 e. The molecular formula is C14H12Br2ClN3OS. The van der Waals surface area contributed by atoms with Crippen LogP contribution in [0.5, 0.6) is 0 Å². The van der Waals surface area contributed by atoms with Gasteiger partial charge in [0.2, 0.25) is 0 Å². The minimum atomic E-state index is 0.0724. The SMILES string of the molecule is O=C(c1cc(Br)c(Br)s1)N1CCN(c2ncccc2Cl)CC1. The maximum absolute atomic E-state index is 12.5. The van der Waals surface area contributed by atoms with Crippen molar-refractivity contribution in [2.75, 3.05) is 31.1 Å². The molecule has 1 amide bonds. The molecule has 22 heavy (non-hydrogen) atoms. The molecule has 1 fully saturated rings. The van der Waals surface area contributed by atoms with E-state index in [9.17, 15) is 4.79 Å². The molecule has 0 N–H and O–H groups in total. The normalized spacial score (nSPS) is 15.2. The van der Waals surface area contributed by atoms with E-state index in [0.29, 0.717) is 18.1 Å². The molecule has 0 atom stereocenters. The molecule has 0 spiro atoms. The Morgan fingerprint density at radius 2 is 2.00 bits per heavy atom. The first-order valence-corrected chi connectivity index (χ1v) is 9.44. The van der Waals surface area contributed by atoms with Gasteiger partial charge in [-0.2, -0.15) is 0 Å². The number of rotatable bonds is 2. The first-order chi connectivity index (χ1) is 10.6. The zero-order valence-corrected chi connectivity index (χ0v) is 16.2. The summed E-state index contributed by atoms with van der Waals surface area (Å²) in [7, 11) is 0. The minimum absolute atomic E-state index is 0.0724. The molecule has 0 unspecified atom stereocenters. The number of piperazine rings is 1. The Morgan fingerprint density at radius 3 is 2.59 bits per heavy atom. The summed E-state index contributed by atoms with van der Waals surface area (Å²) in [6.45, 7) is 2.80. The van der Waals surface area contributed by atoms with Crippen molar-refractivity contribution in [2.45, 2.75) is 0 Å². The molecule has 0 aliphatic carbocycles. The molecule has 4 nitrogen and oxygen atoms in total. The summed E-state index contributed by atoms with van der Waals surface area (Å²) in [6, 6.07) is 5.51. The van der Waals surface area contributed by atoms with Gasteiger partial charge in [-0.25, -0.2) is 4.98 Å². The number of amides is 1. The highest BCUT2D eigenvalue weighted by molar-refractivity contribution is 9.13. The van der Waals surface area contributed by atoms with E-state index in [1.54, 1.807) is 6.20 Å². The van der Waals surface area contributed by atoms with Gasteiger partial charge in [-0.3, -0.25) is 4.79 Å². The van der Waals surface area contributed by atoms with Crippen LogP contribution in [0.3, 0.4) is 0 Å². The van der Waals surface area contributed by atoms with Gasteiger partial charge in [0, 0.05) is 36.8 Å². The van der Waals surface area contributed by atoms with E-state index in [-0.39, 0.29) is 5.91 Å². The Hall–Kier alpha value is -0.630. The van der Waals surface area contributed by atoms with Crippen molar-refractivity contribution < 1.29 is 4.79 Å². The Labute approximate surface area is 154 Å². The molecule has 3 heterocycles. The molecule has 1 aliphatic heterocycles. The fourth-order valence-electron chi connectivity index (χ4n) is 2.34. The Kier molecular flexibility index (Phi) is 5.07. The third-order valence-corrected chi connectivity index (χ3v) is 7.00. The molecule has 0 saturated carbocycles. The molecule has 3 rings (SSSR count). The molecule has 2 aromatic rings. The van der Waals surface area contributed by atoms with Crippen LogP contribution in [0.4, 0.5) is 5.82 Å². The van der Waals surface area contributed by atoms with E-state index in [4.69, 9.17) is 11.6 Å². The Morgan fingerprint density at radius 1 is 1.27 bits per heavy atom. The van der Waals surface area contributed by atoms with E-state index < -0.39 is 0 Å². The summed E-state index contributed by atoms with van der Waals surface area (Å²) in [5.41, 5.74) is 0. The average molecular weight is 466 g/mol. The van der Waals surface area contributed by atoms with E-state index >= 15 is 0 Å². The minimum Gasteiger partial charge on any atom is -0.352 e. The predicted octanol–water partition coefficient (Wildman–Crippen LogP) is 4.28. The number of hydrogen-bond acceptors (Lipinski definition) is 4. The lowest BCUT2D eigenvalue weighted by atomic mass is 10.3. The second kappa shape index (κ2) is 6.86. The first kappa shape index (κ1) is 16.2. The van der Waals surface area contributed by atoms with E-state index in [2.05, 4.69) is 41.7 Å². The molecule has 2 aromatic heterocycles. The maximum Gasteiger partial charge on any atom is 0.264 e. The fraction of sp³-hybridized carbons (Fsp3) is 0.286. The Balaban J connectivity index is 1.67. The zero-order valence-electron chi connectivity index (χ0n) is 11.4. The van der Waals surface area contributed by atoms with E-state index in [1.165, 1.54) is 11.3 Å². The van der Waals surface area contributed by atoms with Crippen LogP contribution in [-0.2, 0) is 0 Å². The molecule has 8 heteroatoms. The van der Waals surface area contributed by atoms with Gasteiger partial charge in [-0.1, -0.05) is 11.6 Å². The first-order valence-electron chi connectivity index (χ1n) is 6.66. The quantitative estimate of drug-likeness (QED) is 0.664. The topological polar surface area (TPSA) is 36.4 Å². The van der Waals surface area contributed by atoms with E-state index in [1.807, 2.05) is 23.1 Å². The third kappa shape index (κ3) is 3.32. The van der Waals surface area contributed by atoms with Gasteiger partial charge in [0.1, 0.15) is 5.82 Å². The lowest BCUT2D eigenvalue weighted by molar-refractivity contribution is 0.0751. The van der Waals surface area contributed by atoms with Crippen molar-refractivity contribution in [1.82, 2.24) is 9.88 Å². The van der Waals surface area contributed by atoms with Gasteiger partial charge in [0.25, 0.3) is 5.91 Å². The number of thiophene rings is 1.